The Balaban J connectivity index is 1.23. The topological polar surface area (TPSA) is 134 Å². The number of piperazine rings is 1. The number of amides is 2. The number of nitro groups is 1. The molecule has 1 fully saturated rings. The number of carbonyl (C=O) groups excluding carboxylic acids is 1. The Morgan fingerprint density at radius 3 is 2.36 bits per heavy atom. The van der Waals surface area contributed by atoms with E-state index < -0.39 is 22.6 Å². The Kier molecular flexibility index (Phi) is 8.18. The quantitative estimate of drug-likeness (QED) is 0.177. The molecule has 1 aliphatic heterocycles. The number of aromatic nitrogens is 4. The number of nitrogens with one attached hydrogen (secondary N) is 2. The molecule has 230 valence electrons. The number of nitro benzene ring substituents is 1. The molecule has 5 aromatic rings. The number of aryl methyl sites for hydroxylation is 1. The van der Waals surface area contributed by atoms with Crippen LogP contribution < -0.4 is 15.5 Å². The predicted octanol–water partition coefficient (Wildman–Crippen LogP) is 5.34. The van der Waals surface area contributed by atoms with Crippen molar-refractivity contribution < 1.29 is 18.5 Å². The molecule has 3 aromatic carbocycles. The zero-order chi connectivity index (χ0) is 31.5. The minimum Gasteiger partial charge on any atom is -0.364 e. The van der Waals surface area contributed by atoms with E-state index in [1.54, 1.807) is 23.4 Å². The number of imidazole rings is 1. The summed E-state index contributed by atoms with van der Waals surface area (Å²) in [6.45, 7) is 4.40. The summed E-state index contributed by atoms with van der Waals surface area (Å²) >= 11 is 0. The molecule has 12 nitrogen and oxygen atoms in total. The molecule has 14 heteroatoms. The monoisotopic (exact) mass is 613 g/mol. The van der Waals surface area contributed by atoms with Gasteiger partial charge in [-0.25, -0.2) is 18.6 Å². The average molecular weight is 614 g/mol. The van der Waals surface area contributed by atoms with Gasteiger partial charge in [0.25, 0.3) is 5.69 Å². The van der Waals surface area contributed by atoms with Crippen molar-refractivity contribution in [2.24, 2.45) is 0 Å². The second-order valence-electron chi connectivity index (χ2n) is 10.7. The van der Waals surface area contributed by atoms with E-state index in [0.29, 0.717) is 62.2 Å². The fourth-order valence-corrected chi connectivity index (χ4v) is 5.02. The first-order valence-electron chi connectivity index (χ1n) is 14.2. The highest BCUT2D eigenvalue weighted by Gasteiger charge is 2.25. The number of non-ortho nitro benzene ring substituents is 1. The lowest BCUT2D eigenvalue weighted by Gasteiger charge is -2.34. The zero-order valence-corrected chi connectivity index (χ0v) is 24.3. The van der Waals surface area contributed by atoms with Crippen LogP contribution in [-0.4, -0.2) is 61.6 Å². The van der Waals surface area contributed by atoms with Gasteiger partial charge < -0.3 is 25.0 Å². The molecule has 0 atom stereocenters. The SMILES string of the molecule is Cc1ccc(CNc2nc(N3CCN(C(=O)Nc4ccc(F)cc4F)CC3)nc3c2ncn3Cc2ccc([N+](=O)[O-])cc2)cc1. The number of nitrogens with zero attached hydrogens (tertiary/aromatic N) is 7. The molecular weight excluding hydrogens is 584 g/mol. The average Bonchev–Trinajstić information content (AvgIpc) is 3.44. The largest absolute Gasteiger partial charge is 0.364 e. The summed E-state index contributed by atoms with van der Waals surface area (Å²) in [6, 6.07) is 17.0. The van der Waals surface area contributed by atoms with Gasteiger partial charge in [0.05, 0.1) is 23.5 Å². The van der Waals surface area contributed by atoms with Crippen molar-refractivity contribution in [1.82, 2.24) is 24.4 Å². The van der Waals surface area contributed by atoms with Crippen LogP contribution in [0.5, 0.6) is 0 Å². The molecule has 45 heavy (non-hydrogen) atoms. The summed E-state index contributed by atoms with van der Waals surface area (Å²) in [7, 11) is 0. The summed E-state index contributed by atoms with van der Waals surface area (Å²) in [5.74, 6) is -0.577. The number of benzene rings is 3. The van der Waals surface area contributed by atoms with Gasteiger partial charge in [-0.15, -0.1) is 0 Å². The molecule has 1 aliphatic rings. The minimum absolute atomic E-state index is 0.0112. The fourth-order valence-electron chi connectivity index (χ4n) is 5.02. The summed E-state index contributed by atoms with van der Waals surface area (Å²) in [4.78, 5) is 41.2. The molecule has 1 saturated heterocycles. The summed E-state index contributed by atoms with van der Waals surface area (Å²) in [5, 5.41) is 17.0. The van der Waals surface area contributed by atoms with Gasteiger partial charge in [-0.2, -0.15) is 9.97 Å². The number of urea groups is 1. The summed E-state index contributed by atoms with van der Waals surface area (Å²) < 4.78 is 29.2. The van der Waals surface area contributed by atoms with Gasteiger partial charge in [0.1, 0.15) is 11.6 Å². The molecule has 2 N–H and O–H groups in total. The van der Waals surface area contributed by atoms with Gasteiger partial charge >= 0.3 is 6.03 Å². The molecule has 0 aliphatic carbocycles. The first-order chi connectivity index (χ1) is 21.7. The van der Waals surface area contributed by atoms with Crippen molar-refractivity contribution in [3.05, 3.63) is 111 Å². The van der Waals surface area contributed by atoms with E-state index in [-0.39, 0.29) is 11.4 Å². The third kappa shape index (κ3) is 6.64. The normalized spacial score (nSPS) is 13.2. The Labute approximate surface area is 256 Å². The van der Waals surface area contributed by atoms with Gasteiger partial charge in [-0.1, -0.05) is 42.0 Å². The van der Waals surface area contributed by atoms with Crippen molar-refractivity contribution in [3.8, 4) is 0 Å². The van der Waals surface area contributed by atoms with Gasteiger partial charge in [-0.05, 0) is 30.2 Å². The standard InChI is InChI=1S/C31H29F2N9O3/c1-20-2-4-21(5-3-20)17-34-28-27-29(41(19-35-27)18-22-6-9-24(10-7-22)42(44)45)38-30(37-28)39-12-14-40(15-13-39)31(43)36-26-11-8-23(32)16-25(26)33/h2-11,16,19H,12-15,17-18H2,1H3,(H,36,43)(H,34,37,38). The number of rotatable bonds is 8. The second kappa shape index (κ2) is 12.5. The zero-order valence-electron chi connectivity index (χ0n) is 24.3. The predicted molar refractivity (Wildman–Crippen MR) is 165 cm³/mol. The number of hydrogen-bond donors (Lipinski definition) is 2. The number of hydrogen-bond acceptors (Lipinski definition) is 8. The molecule has 2 amide bonds. The molecule has 3 heterocycles. The van der Waals surface area contributed by atoms with Gasteiger partial charge in [0, 0.05) is 50.9 Å². The third-order valence-electron chi connectivity index (χ3n) is 7.56. The maximum atomic E-state index is 14.1. The minimum atomic E-state index is -0.848. The smallest absolute Gasteiger partial charge is 0.322 e. The number of halogens is 2. The maximum absolute atomic E-state index is 14.1. The summed E-state index contributed by atoms with van der Waals surface area (Å²) in [5.41, 5.74) is 4.14. The molecule has 0 unspecified atom stereocenters. The summed E-state index contributed by atoms with van der Waals surface area (Å²) in [6.07, 6.45) is 1.67. The number of anilines is 3. The van der Waals surface area contributed by atoms with E-state index >= 15 is 0 Å². The Hall–Kier alpha value is -5.66. The van der Waals surface area contributed by atoms with Crippen LogP contribution in [0.1, 0.15) is 16.7 Å². The van der Waals surface area contributed by atoms with E-state index in [0.717, 1.165) is 28.8 Å². The maximum Gasteiger partial charge on any atom is 0.322 e. The van der Waals surface area contributed by atoms with Crippen LogP contribution in [0.3, 0.4) is 0 Å². The van der Waals surface area contributed by atoms with Gasteiger partial charge in [0.15, 0.2) is 17.0 Å². The van der Waals surface area contributed by atoms with Crippen LogP contribution in [0.15, 0.2) is 73.1 Å². The Bertz CT molecular complexity index is 1860. The van der Waals surface area contributed by atoms with Crippen molar-refractivity contribution >= 4 is 40.3 Å². The van der Waals surface area contributed by atoms with Crippen molar-refractivity contribution in [1.29, 1.82) is 0 Å². The lowest BCUT2D eigenvalue weighted by molar-refractivity contribution is -0.384. The van der Waals surface area contributed by atoms with E-state index in [9.17, 15) is 23.7 Å². The fraction of sp³-hybridized carbons (Fsp3) is 0.226. The van der Waals surface area contributed by atoms with E-state index in [4.69, 9.17) is 9.97 Å². The first kappa shape index (κ1) is 29.4. The highest BCUT2D eigenvalue weighted by atomic mass is 19.1. The molecule has 2 aromatic heterocycles. The second-order valence-corrected chi connectivity index (χ2v) is 10.7. The van der Waals surface area contributed by atoms with Crippen molar-refractivity contribution in [2.45, 2.75) is 20.0 Å². The van der Waals surface area contributed by atoms with Crippen molar-refractivity contribution in [3.63, 3.8) is 0 Å². The van der Waals surface area contributed by atoms with Crippen molar-refractivity contribution in [2.75, 3.05) is 41.7 Å². The number of fused-ring (bicyclic) bond motifs is 1. The van der Waals surface area contributed by atoms with E-state index in [2.05, 4.69) is 15.6 Å². The Morgan fingerprint density at radius 1 is 0.956 bits per heavy atom. The van der Waals surface area contributed by atoms with Crippen LogP contribution in [0.2, 0.25) is 0 Å². The molecule has 0 bridgehead atoms. The van der Waals surface area contributed by atoms with E-state index in [1.165, 1.54) is 18.2 Å². The van der Waals surface area contributed by atoms with Gasteiger partial charge in [-0.3, -0.25) is 10.1 Å². The third-order valence-corrected chi connectivity index (χ3v) is 7.56. The molecular formula is C31H29F2N9O3. The molecule has 0 saturated carbocycles. The van der Waals surface area contributed by atoms with Crippen LogP contribution in [0.4, 0.5) is 36.7 Å². The Morgan fingerprint density at radius 2 is 1.67 bits per heavy atom. The first-order valence-corrected chi connectivity index (χ1v) is 14.2. The van der Waals surface area contributed by atoms with Gasteiger partial charge in [0.2, 0.25) is 5.95 Å². The highest BCUT2D eigenvalue weighted by Crippen LogP contribution is 2.25. The van der Waals surface area contributed by atoms with Crippen LogP contribution in [0.25, 0.3) is 11.2 Å². The highest BCUT2D eigenvalue weighted by molar-refractivity contribution is 5.89. The lowest BCUT2D eigenvalue weighted by Crippen LogP contribution is -2.50. The molecule has 0 radical (unpaired) electrons. The van der Waals surface area contributed by atoms with Crippen LogP contribution in [-0.2, 0) is 13.1 Å². The molecule has 6 rings (SSSR count). The molecule has 0 spiro atoms. The van der Waals surface area contributed by atoms with Crippen LogP contribution in [0, 0.1) is 28.7 Å². The van der Waals surface area contributed by atoms with Crippen LogP contribution >= 0.6 is 0 Å². The number of carbonyl (C=O) groups is 1. The lowest BCUT2D eigenvalue weighted by atomic mass is 10.1. The van der Waals surface area contributed by atoms with E-state index in [1.807, 2.05) is 40.7 Å².